The standard InChI is InChI=1S/C47H60N3O10PSi.C37H42N2O5Si.C16H33N2O4P.2CH4/c1-8-30-56-61(54,57-32-29-49-44(52)60-46(2,3)4)58-34-42(50-45(53)55-33-41-39-26-17-15-24-37(39)38-25-16-18-27-40(38)41)43(51)48-28-19-31-59-62(47(5,6)7,35-20-11-9-12-21-35)36-22-13-10-14-23-36;1-37(2,3)45(27-15-6-4-7-16-27,28-17-8-5-9-18-28)44-24-14-23-38-35(41)34(25-40)39-36(42)43-26-33-31-21-12-10-19-29(31)30-20-11-13-22-32(30)33;1-9-11-20-23(18(13(2)3)14(4)5)21-12-10-17-15(19)22-16(6,7)8;;/h8-18,20-27,41-42H,1,19,28-34H2,2-7H3,(H,48,51)(H,49,52)(H,50,53);4-13,15-22,33-34,40H,14,23-26H2,1-3H3,(H,38,41)(H,39,42);9,13-14H,1,10-12H2,2-8H3,(H,17,19);2*1H4. The van der Waals surface area contributed by atoms with E-state index in [-0.39, 0.29) is 76.3 Å². The number of amides is 6. The van der Waals surface area contributed by atoms with Gasteiger partial charge in [0.25, 0.3) is 25.2 Å². The highest BCUT2D eigenvalue weighted by atomic mass is 31.2. The van der Waals surface area contributed by atoms with Gasteiger partial charge in [-0.25, -0.2) is 28.4 Å². The Morgan fingerprint density at radius 2 is 0.758 bits per heavy atom. The number of carbonyl (C=O) groups is 6. The van der Waals surface area contributed by atoms with Crippen molar-refractivity contribution in [3.05, 3.63) is 266 Å². The van der Waals surface area contributed by atoms with Gasteiger partial charge in [-0.15, -0.1) is 13.2 Å². The molecule has 7 N–H and O–H groups in total. The second-order valence-electron chi connectivity index (χ2n) is 35.8. The molecular weight excluding hydrogens is 1750 g/mol. The number of fused-ring (bicyclic) bond motifs is 6. The lowest BCUT2D eigenvalue weighted by atomic mass is 9.98. The minimum absolute atomic E-state index is 0. The van der Waals surface area contributed by atoms with E-state index in [2.05, 4.69) is 180 Å². The molecule has 4 atom stereocenters. The maximum Gasteiger partial charge on any atom is 0.475 e. The Morgan fingerprint density at radius 1 is 0.424 bits per heavy atom. The number of ether oxygens (including phenoxy) is 4. The van der Waals surface area contributed by atoms with E-state index in [1.807, 2.05) is 178 Å². The number of benzene rings is 8. The average molecular weight is 1890 g/mol. The van der Waals surface area contributed by atoms with Crippen molar-refractivity contribution in [2.45, 2.75) is 196 Å². The maximum absolute atomic E-state index is 13.9. The quantitative estimate of drug-likeness (QED) is 0.00614. The third-order valence-electron chi connectivity index (χ3n) is 21.1. The Hall–Kier alpha value is -10.0. The molecule has 0 bridgehead atoms. The van der Waals surface area contributed by atoms with Crippen molar-refractivity contribution in [1.29, 1.82) is 0 Å². The monoisotopic (exact) mass is 1890 g/mol. The highest BCUT2D eigenvalue weighted by Gasteiger charge is 2.52. The molecule has 4 unspecified atom stereocenters. The molecule has 0 fully saturated rings. The SMILES string of the molecule is C.C.C=CCOP(=O)(OCCNC(=O)OC(C)(C)C)OCC(NC(=O)OCC1c2ccccc2-c2ccccc21)C(=O)NCCCO[Si](c1ccccc1)(c1ccccc1)C(C)(C)C.C=CCOP(OCCNC(=O)OC(C)(C)C)N(C(C)C)C(C)C.CC(C)(C)[Si](OCCCNC(=O)C(CO)NC(=O)OCC1c2ccccc2-c2ccccc21)(c1ccccc1)c1ccccc1. The summed E-state index contributed by atoms with van der Waals surface area (Å²) in [5.41, 5.74) is 7.43. The first-order valence-electron chi connectivity index (χ1n) is 44.3. The number of aliphatic hydroxyl groups is 1. The number of phosphoric ester groups is 1. The maximum atomic E-state index is 13.9. The number of hydrogen-bond donors (Lipinski definition) is 7. The van der Waals surface area contributed by atoms with Crippen LogP contribution in [0.1, 0.15) is 173 Å². The second kappa shape index (κ2) is 53.2. The van der Waals surface area contributed by atoms with Crippen LogP contribution in [0.25, 0.3) is 22.3 Å². The van der Waals surface area contributed by atoms with E-state index in [9.17, 15) is 38.4 Å². The van der Waals surface area contributed by atoms with Crippen LogP contribution < -0.4 is 52.6 Å². The molecule has 6 amide bonds. The lowest BCUT2D eigenvalue weighted by Crippen LogP contribution is -2.66. The molecule has 2 aliphatic carbocycles. The third-order valence-corrected chi connectivity index (χ3v) is 34.7. The molecule has 0 saturated carbocycles. The first-order valence-corrected chi connectivity index (χ1v) is 50.7. The van der Waals surface area contributed by atoms with E-state index >= 15 is 0 Å². The summed E-state index contributed by atoms with van der Waals surface area (Å²) < 4.78 is 79.7. The fourth-order valence-corrected chi connectivity index (χ4v) is 27.6. The molecular formula is C102H143N7O19P2Si2. The summed E-state index contributed by atoms with van der Waals surface area (Å²) in [6.07, 6.45) is 1.31. The molecule has 718 valence electrons. The summed E-state index contributed by atoms with van der Waals surface area (Å²) in [6, 6.07) is 71.5. The number of carbonyl (C=O) groups excluding carboxylic acids is 6. The fourth-order valence-electron chi connectivity index (χ4n) is 15.6. The molecule has 0 spiro atoms. The van der Waals surface area contributed by atoms with Crippen molar-refractivity contribution in [2.24, 2.45) is 0 Å². The van der Waals surface area contributed by atoms with Gasteiger partial charge in [-0.3, -0.25) is 23.2 Å². The molecule has 0 saturated heterocycles. The molecule has 0 aliphatic heterocycles. The van der Waals surface area contributed by atoms with Gasteiger partial charge in [-0.1, -0.05) is 287 Å². The Bertz CT molecular complexity index is 4780. The Balaban J connectivity index is 0.000000334. The van der Waals surface area contributed by atoms with Crippen molar-refractivity contribution in [2.75, 3.05) is 92.2 Å². The van der Waals surface area contributed by atoms with Gasteiger partial charge in [0.2, 0.25) is 11.8 Å². The number of hydrogen-bond acceptors (Lipinski definition) is 20. The van der Waals surface area contributed by atoms with Gasteiger partial charge in [-0.2, -0.15) is 0 Å². The van der Waals surface area contributed by atoms with E-state index in [0.29, 0.717) is 64.4 Å². The van der Waals surface area contributed by atoms with Crippen LogP contribution in [-0.4, -0.2) is 190 Å². The number of nitrogens with zero attached hydrogens (tertiary/aromatic N) is 1. The number of phosphoric acid groups is 1. The number of alkyl carbamates (subject to hydrolysis) is 4. The van der Waals surface area contributed by atoms with Crippen molar-refractivity contribution in [1.82, 2.24) is 36.6 Å². The van der Waals surface area contributed by atoms with Gasteiger partial charge in [-0.05, 0) is 157 Å². The Labute approximate surface area is 787 Å². The van der Waals surface area contributed by atoms with Crippen LogP contribution in [0.5, 0.6) is 0 Å². The van der Waals surface area contributed by atoms with E-state index in [1.165, 1.54) is 16.4 Å². The number of aliphatic hydroxyl groups excluding tert-OH is 1. The summed E-state index contributed by atoms with van der Waals surface area (Å²) in [6.45, 7) is 40.5. The van der Waals surface area contributed by atoms with E-state index in [0.717, 1.165) is 54.9 Å². The Kier molecular flexibility index (Phi) is 44.6. The zero-order valence-corrected chi connectivity index (χ0v) is 82.1. The van der Waals surface area contributed by atoms with Crippen molar-refractivity contribution in [3.8, 4) is 22.3 Å². The van der Waals surface area contributed by atoms with E-state index in [4.69, 9.17) is 50.4 Å². The van der Waals surface area contributed by atoms with Gasteiger partial charge in [0.15, 0.2) is 0 Å². The normalized spacial score (nSPS) is 13.5. The predicted molar refractivity (Wildman–Crippen MR) is 532 cm³/mol. The molecule has 132 heavy (non-hydrogen) atoms. The highest BCUT2D eigenvalue weighted by Crippen LogP contribution is 2.51. The van der Waals surface area contributed by atoms with Gasteiger partial charge in [0, 0.05) is 63.3 Å². The smallest absolute Gasteiger partial charge is 0.449 e. The van der Waals surface area contributed by atoms with Gasteiger partial charge in [0.1, 0.15) is 36.5 Å². The minimum atomic E-state index is -4.36. The van der Waals surface area contributed by atoms with Crippen LogP contribution in [0, 0.1) is 0 Å². The Morgan fingerprint density at radius 3 is 1.09 bits per heavy atom. The van der Waals surface area contributed by atoms with Crippen molar-refractivity contribution in [3.63, 3.8) is 0 Å². The fraction of sp³-hybridized carbons (Fsp3) is 0.431. The van der Waals surface area contributed by atoms with Crippen LogP contribution in [-0.2, 0) is 64.6 Å². The topological polar surface area (TPSA) is 317 Å². The molecule has 2 aliphatic rings. The summed E-state index contributed by atoms with van der Waals surface area (Å²) >= 11 is 0. The van der Waals surface area contributed by atoms with Gasteiger partial charge >= 0.3 is 32.2 Å². The summed E-state index contributed by atoms with van der Waals surface area (Å²) in [5.74, 6) is -1.41. The molecule has 30 heteroatoms. The van der Waals surface area contributed by atoms with Gasteiger partial charge < -0.3 is 73.9 Å². The summed E-state index contributed by atoms with van der Waals surface area (Å²) in [4.78, 5) is 76.6. The lowest BCUT2D eigenvalue weighted by molar-refractivity contribution is -0.124. The van der Waals surface area contributed by atoms with Crippen LogP contribution in [0.4, 0.5) is 19.2 Å². The first kappa shape index (κ1) is 111. The first-order chi connectivity index (χ1) is 61.9. The van der Waals surface area contributed by atoms with Crippen LogP contribution >= 0.6 is 16.3 Å². The number of nitrogens with one attached hydrogen (secondary N) is 6. The summed E-state index contributed by atoms with van der Waals surface area (Å²) in [7, 11) is -11.0. The zero-order chi connectivity index (χ0) is 94.7. The second-order valence-corrected chi connectivity index (χ2v) is 47.5. The average Bonchev–Trinajstić information content (AvgIpc) is 1.62. The zero-order valence-electron chi connectivity index (χ0n) is 78.3. The van der Waals surface area contributed by atoms with Crippen LogP contribution in [0.2, 0.25) is 10.1 Å². The minimum Gasteiger partial charge on any atom is -0.449 e. The molecule has 0 heterocycles. The third kappa shape index (κ3) is 32.1. The summed E-state index contributed by atoms with van der Waals surface area (Å²) in [5, 5.41) is 30.2. The van der Waals surface area contributed by atoms with Gasteiger partial charge in [0.05, 0.1) is 39.6 Å². The van der Waals surface area contributed by atoms with Crippen molar-refractivity contribution < 1.29 is 88.9 Å². The predicted octanol–water partition coefficient (Wildman–Crippen LogP) is 18.2. The lowest BCUT2D eigenvalue weighted by Gasteiger charge is -2.43. The van der Waals surface area contributed by atoms with Crippen LogP contribution in [0.3, 0.4) is 0 Å². The molecule has 0 radical (unpaired) electrons. The molecule has 26 nitrogen and oxygen atoms in total. The largest absolute Gasteiger partial charge is 0.475 e. The highest BCUT2D eigenvalue weighted by molar-refractivity contribution is 7.48. The van der Waals surface area contributed by atoms with E-state index in [1.54, 1.807) is 26.8 Å². The molecule has 0 aromatic heterocycles. The number of rotatable bonds is 43. The molecule has 10 rings (SSSR count). The van der Waals surface area contributed by atoms with E-state index < -0.39 is 106 Å². The molecule has 8 aromatic carbocycles. The van der Waals surface area contributed by atoms with Crippen LogP contribution in [0.15, 0.2) is 244 Å². The van der Waals surface area contributed by atoms with Crippen molar-refractivity contribution >= 4 is 89.9 Å². The molecule has 8 aromatic rings.